The average molecular weight is 356 g/mol. The van der Waals surface area contributed by atoms with Crippen molar-refractivity contribution in [3.05, 3.63) is 47.2 Å². The third-order valence-corrected chi connectivity index (χ3v) is 5.96. The molecule has 6 nitrogen and oxygen atoms in total. The van der Waals surface area contributed by atoms with Crippen molar-refractivity contribution in [2.24, 2.45) is 0 Å². The molecule has 1 aromatic heterocycles. The van der Waals surface area contributed by atoms with Crippen LogP contribution in [0.15, 0.2) is 34.9 Å². The van der Waals surface area contributed by atoms with E-state index in [-0.39, 0.29) is 23.2 Å². The van der Waals surface area contributed by atoms with Crippen LogP contribution in [0.2, 0.25) is 0 Å². The molecule has 1 unspecified atom stereocenters. The number of piperidine rings is 1. The molecule has 1 aliphatic heterocycles. The number of aromatic nitrogens is 1. The lowest BCUT2D eigenvalue weighted by Gasteiger charge is -2.46. The molecule has 0 radical (unpaired) electrons. The molecule has 4 rings (SSSR count). The predicted molar refractivity (Wildman–Crippen MR) is 95.3 cm³/mol. The molecule has 6 heteroatoms. The Hall–Kier alpha value is -2.34. The lowest BCUT2D eigenvalue weighted by Crippen LogP contribution is -2.46. The predicted octanol–water partition coefficient (Wildman–Crippen LogP) is 3.34. The van der Waals surface area contributed by atoms with Gasteiger partial charge >= 0.3 is 0 Å². The number of rotatable bonds is 3. The Kier molecular flexibility index (Phi) is 4.44. The molecule has 1 spiro atoms. The Morgan fingerprint density at radius 2 is 2.00 bits per heavy atom. The highest BCUT2D eigenvalue weighted by molar-refractivity contribution is 5.91. The minimum Gasteiger partial charge on any atom is -0.479 e. The fourth-order valence-corrected chi connectivity index (χ4v) is 4.47. The zero-order valence-corrected chi connectivity index (χ0v) is 15.2. The number of carbonyl (C=O) groups is 1. The normalized spacial score (nSPS) is 21.5. The topological polar surface area (TPSA) is 64.8 Å². The van der Waals surface area contributed by atoms with Gasteiger partial charge in [-0.2, -0.15) is 0 Å². The monoisotopic (exact) mass is 356 g/mol. The van der Waals surface area contributed by atoms with Crippen LogP contribution in [0.3, 0.4) is 0 Å². The molecule has 138 valence electrons. The number of likely N-dealkylation sites (tertiary alicyclic amines) is 1. The van der Waals surface area contributed by atoms with Crippen LogP contribution in [0.1, 0.15) is 53.5 Å². The minimum absolute atomic E-state index is 0.116. The molecule has 2 aliphatic rings. The van der Waals surface area contributed by atoms with E-state index in [0.29, 0.717) is 19.0 Å². The van der Waals surface area contributed by atoms with Gasteiger partial charge in [-0.1, -0.05) is 24.3 Å². The van der Waals surface area contributed by atoms with Crippen LogP contribution in [0.5, 0.6) is 5.88 Å². The van der Waals surface area contributed by atoms with Crippen molar-refractivity contribution in [2.45, 2.75) is 37.2 Å². The molecule has 1 aromatic carbocycles. The van der Waals surface area contributed by atoms with Crippen LogP contribution >= 0.6 is 0 Å². The van der Waals surface area contributed by atoms with Gasteiger partial charge in [0.05, 0.1) is 19.3 Å². The van der Waals surface area contributed by atoms with Crippen molar-refractivity contribution in [3.63, 3.8) is 0 Å². The number of amides is 1. The molecule has 26 heavy (non-hydrogen) atoms. The first-order valence-electron chi connectivity index (χ1n) is 9.09. The van der Waals surface area contributed by atoms with Gasteiger partial charge in [0.1, 0.15) is 0 Å². The molecule has 1 aliphatic carbocycles. The van der Waals surface area contributed by atoms with Gasteiger partial charge in [-0.15, -0.1) is 0 Å². The van der Waals surface area contributed by atoms with Gasteiger partial charge in [0, 0.05) is 20.2 Å². The van der Waals surface area contributed by atoms with Gasteiger partial charge in [-0.25, -0.2) is 0 Å². The number of hydrogen-bond acceptors (Lipinski definition) is 5. The van der Waals surface area contributed by atoms with E-state index in [0.717, 1.165) is 25.7 Å². The first-order chi connectivity index (χ1) is 12.7. The van der Waals surface area contributed by atoms with Gasteiger partial charge in [-0.3, -0.25) is 4.79 Å². The highest BCUT2D eigenvalue weighted by Gasteiger charge is 2.43. The molecule has 1 atom stereocenters. The number of benzene rings is 1. The summed E-state index contributed by atoms with van der Waals surface area (Å²) in [6.45, 7) is 1.43. The van der Waals surface area contributed by atoms with Gasteiger partial charge in [-0.05, 0) is 47.4 Å². The van der Waals surface area contributed by atoms with Crippen LogP contribution in [-0.4, -0.2) is 43.3 Å². The lowest BCUT2D eigenvalue weighted by molar-refractivity contribution is 0.0479. The molecule has 2 aromatic rings. The van der Waals surface area contributed by atoms with Crippen LogP contribution in [-0.2, 0) is 10.2 Å². The fourth-order valence-electron chi connectivity index (χ4n) is 4.47. The molecule has 1 fully saturated rings. The largest absolute Gasteiger partial charge is 0.479 e. The first-order valence-corrected chi connectivity index (χ1v) is 9.09. The molecule has 0 saturated carbocycles. The maximum absolute atomic E-state index is 12.7. The second-order valence-corrected chi connectivity index (χ2v) is 7.16. The molecule has 0 bridgehead atoms. The SMILES string of the molecule is COc1cc(C(=O)N2CCC3(CCC(OC)c4ccccc43)CC2)on1. The fraction of sp³-hybridized carbons (Fsp3) is 0.500. The Morgan fingerprint density at radius 1 is 1.23 bits per heavy atom. The van der Waals surface area contributed by atoms with Gasteiger partial charge in [0.2, 0.25) is 5.76 Å². The van der Waals surface area contributed by atoms with E-state index in [4.69, 9.17) is 14.0 Å². The lowest BCUT2D eigenvalue weighted by atomic mass is 9.64. The quantitative estimate of drug-likeness (QED) is 0.844. The van der Waals surface area contributed by atoms with E-state index in [9.17, 15) is 4.79 Å². The Labute approximate surface area is 153 Å². The number of methoxy groups -OCH3 is 2. The highest BCUT2D eigenvalue weighted by Crippen LogP contribution is 2.48. The van der Waals surface area contributed by atoms with Crippen LogP contribution < -0.4 is 4.74 Å². The summed E-state index contributed by atoms with van der Waals surface area (Å²) in [6, 6.07) is 10.2. The summed E-state index contributed by atoms with van der Waals surface area (Å²) in [5.74, 6) is 0.449. The van der Waals surface area contributed by atoms with Crippen LogP contribution in [0, 0.1) is 0 Å². The summed E-state index contributed by atoms with van der Waals surface area (Å²) in [5, 5.41) is 3.72. The van der Waals surface area contributed by atoms with Crippen LogP contribution in [0.4, 0.5) is 0 Å². The van der Waals surface area contributed by atoms with Gasteiger partial charge in [0.15, 0.2) is 0 Å². The van der Waals surface area contributed by atoms with E-state index >= 15 is 0 Å². The van der Waals surface area contributed by atoms with Crippen molar-refractivity contribution in [2.75, 3.05) is 27.3 Å². The summed E-state index contributed by atoms with van der Waals surface area (Å²) in [6.07, 6.45) is 4.22. The standard InChI is InChI=1S/C20H24N2O4/c1-24-16-7-8-20(15-6-4-3-5-14(15)16)9-11-22(12-10-20)19(23)17-13-18(25-2)21-26-17/h3-6,13,16H,7-12H2,1-2H3. The average Bonchev–Trinajstić information content (AvgIpc) is 3.18. The number of carbonyl (C=O) groups excluding carboxylic acids is 1. The highest BCUT2D eigenvalue weighted by atomic mass is 16.5. The summed E-state index contributed by atoms with van der Waals surface area (Å²) in [7, 11) is 3.29. The van der Waals surface area contributed by atoms with E-state index in [2.05, 4.69) is 29.4 Å². The molecular weight excluding hydrogens is 332 g/mol. The third kappa shape index (κ3) is 2.78. The Bertz CT molecular complexity index is 793. The number of hydrogen-bond donors (Lipinski definition) is 0. The van der Waals surface area contributed by atoms with E-state index in [1.807, 2.05) is 4.90 Å². The second-order valence-electron chi connectivity index (χ2n) is 7.16. The van der Waals surface area contributed by atoms with Crippen LogP contribution in [0.25, 0.3) is 0 Å². The van der Waals surface area contributed by atoms with Crippen molar-refractivity contribution in [3.8, 4) is 5.88 Å². The maximum Gasteiger partial charge on any atom is 0.292 e. The van der Waals surface area contributed by atoms with E-state index in [1.54, 1.807) is 13.2 Å². The number of fused-ring (bicyclic) bond motifs is 2. The van der Waals surface area contributed by atoms with Gasteiger partial charge in [0.25, 0.3) is 11.8 Å². The summed E-state index contributed by atoms with van der Waals surface area (Å²) < 4.78 is 15.8. The van der Waals surface area contributed by atoms with Gasteiger partial charge < -0.3 is 18.9 Å². The Balaban J connectivity index is 1.52. The van der Waals surface area contributed by atoms with Crippen molar-refractivity contribution < 1.29 is 18.8 Å². The molecular formula is C20H24N2O4. The maximum atomic E-state index is 12.7. The smallest absolute Gasteiger partial charge is 0.292 e. The van der Waals surface area contributed by atoms with E-state index in [1.165, 1.54) is 18.2 Å². The Morgan fingerprint density at radius 3 is 2.69 bits per heavy atom. The molecule has 0 N–H and O–H groups in total. The first kappa shape index (κ1) is 17.1. The van der Waals surface area contributed by atoms with Crippen molar-refractivity contribution in [1.82, 2.24) is 10.1 Å². The van der Waals surface area contributed by atoms with E-state index < -0.39 is 0 Å². The molecule has 1 amide bonds. The minimum atomic E-state index is -0.116. The third-order valence-electron chi connectivity index (χ3n) is 5.96. The summed E-state index contributed by atoms with van der Waals surface area (Å²) in [4.78, 5) is 14.5. The zero-order valence-electron chi connectivity index (χ0n) is 15.2. The molecule has 1 saturated heterocycles. The number of nitrogens with zero attached hydrogens (tertiary/aromatic N) is 2. The van der Waals surface area contributed by atoms with Crippen molar-refractivity contribution in [1.29, 1.82) is 0 Å². The van der Waals surface area contributed by atoms with Crippen molar-refractivity contribution >= 4 is 5.91 Å². The molecule has 2 heterocycles. The second kappa shape index (κ2) is 6.76. The number of ether oxygens (including phenoxy) is 2. The summed E-state index contributed by atoms with van der Waals surface area (Å²) in [5.41, 5.74) is 2.84. The summed E-state index contributed by atoms with van der Waals surface area (Å²) >= 11 is 0. The zero-order chi connectivity index (χ0) is 18.1.